The molecule has 2 bridgehead atoms. The molecule has 0 radical (unpaired) electrons. The van der Waals surface area contributed by atoms with E-state index in [1.54, 1.807) is 6.07 Å². The molecule has 128 valence electrons. The number of hydrogen-bond donors (Lipinski definition) is 1. The van der Waals surface area contributed by atoms with Crippen molar-refractivity contribution < 1.29 is 9.18 Å². The number of aromatic amines is 1. The van der Waals surface area contributed by atoms with Crippen LogP contribution < -0.4 is 0 Å². The highest BCUT2D eigenvalue weighted by Crippen LogP contribution is 2.29. The van der Waals surface area contributed by atoms with Gasteiger partial charge in [0.15, 0.2) is 5.69 Å². The molecule has 1 N–H and O–H groups in total. The average molecular weight is 330 g/mol. The fourth-order valence-corrected chi connectivity index (χ4v) is 4.32. The van der Waals surface area contributed by atoms with Gasteiger partial charge in [-0.05, 0) is 43.9 Å². The average Bonchev–Trinajstić information content (AvgIpc) is 2.90. The number of benzene rings is 1. The summed E-state index contributed by atoms with van der Waals surface area (Å²) in [6.45, 7) is 7.48. The molecule has 4 atom stereocenters. The van der Waals surface area contributed by atoms with E-state index in [-0.39, 0.29) is 23.8 Å². The van der Waals surface area contributed by atoms with Gasteiger partial charge in [0, 0.05) is 37.1 Å². The number of nitrogens with one attached hydrogen (secondary N) is 1. The summed E-state index contributed by atoms with van der Waals surface area (Å²) in [6, 6.07) is 4.82. The number of rotatable bonds is 1. The Bertz CT molecular complexity index is 773. The number of fused-ring (bicyclic) bond motifs is 3. The normalized spacial score (nSPS) is 30.4. The molecule has 2 aliphatic heterocycles. The molecule has 6 heteroatoms. The van der Waals surface area contributed by atoms with Gasteiger partial charge in [0.25, 0.3) is 5.91 Å². The number of carbonyl (C=O) groups excluding carboxylic acids is 1. The van der Waals surface area contributed by atoms with E-state index in [0.29, 0.717) is 22.5 Å². The molecule has 0 spiro atoms. The van der Waals surface area contributed by atoms with Crippen molar-refractivity contribution in [3.63, 3.8) is 0 Å². The second kappa shape index (κ2) is 5.84. The third kappa shape index (κ3) is 2.59. The number of carbonyl (C=O) groups is 1. The zero-order chi connectivity index (χ0) is 16.8. The maximum atomic E-state index is 13.4. The van der Waals surface area contributed by atoms with Crippen molar-refractivity contribution in [2.75, 3.05) is 19.6 Å². The van der Waals surface area contributed by atoms with E-state index in [0.717, 1.165) is 32.5 Å². The third-order valence-electron chi connectivity index (χ3n) is 5.41. The molecule has 24 heavy (non-hydrogen) atoms. The lowest BCUT2D eigenvalue weighted by Crippen LogP contribution is -2.51. The first-order valence-electron chi connectivity index (χ1n) is 8.71. The maximum Gasteiger partial charge on any atom is 0.275 e. The molecule has 2 fully saturated rings. The summed E-state index contributed by atoms with van der Waals surface area (Å²) in [5.41, 5.74) is 0.975. The van der Waals surface area contributed by atoms with Gasteiger partial charge in [0.05, 0.1) is 5.52 Å². The predicted molar refractivity (Wildman–Crippen MR) is 90.3 cm³/mol. The van der Waals surface area contributed by atoms with Crippen LogP contribution in [0.3, 0.4) is 0 Å². The standard InChI is InChI=1S/C18H23FN4O/c1-11-7-14-10-22(9-11)6-5-12(2)23(14)18(24)17-15-4-3-13(19)8-16(15)20-21-17/h3-4,8,11-12,14H,5-7,9-10H2,1-2H3,(H,20,21). The number of nitrogens with zero attached hydrogens (tertiary/aromatic N) is 3. The first-order valence-corrected chi connectivity index (χ1v) is 8.71. The lowest BCUT2D eigenvalue weighted by Gasteiger charge is -2.40. The van der Waals surface area contributed by atoms with Gasteiger partial charge in [-0.2, -0.15) is 5.10 Å². The minimum absolute atomic E-state index is 0.0405. The van der Waals surface area contributed by atoms with Crippen molar-refractivity contribution in [1.82, 2.24) is 20.0 Å². The Hall–Kier alpha value is -1.95. The highest BCUT2D eigenvalue weighted by atomic mass is 19.1. The van der Waals surface area contributed by atoms with Crippen molar-refractivity contribution in [3.05, 3.63) is 29.7 Å². The Labute approximate surface area is 140 Å². The summed E-state index contributed by atoms with van der Waals surface area (Å²) < 4.78 is 13.4. The van der Waals surface area contributed by atoms with E-state index in [4.69, 9.17) is 0 Å². The fourth-order valence-electron chi connectivity index (χ4n) is 4.32. The van der Waals surface area contributed by atoms with Crippen molar-refractivity contribution in [3.8, 4) is 0 Å². The van der Waals surface area contributed by atoms with Gasteiger partial charge in [-0.1, -0.05) is 6.92 Å². The number of piperidine rings is 1. The summed E-state index contributed by atoms with van der Waals surface area (Å²) in [4.78, 5) is 17.8. The van der Waals surface area contributed by atoms with Gasteiger partial charge in [0.1, 0.15) is 5.82 Å². The van der Waals surface area contributed by atoms with E-state index >= 15 is 0 Å². The Morgan fingerprint density at radius 1 is 1.33 bits per heavy atom. The Morgan fingerprint density at radius 3 is 3.00 bits per heavy atom. The lowest BCUT2D eigenvalue weighted by molar-refractivity contribution is 0.0487. The van der Waals surface area contributed by atoms with Crippen molar-refractivity contribution in [2.45, 2.75) is 38.8 Å². The molecule has 1 aromatic heterocycles. The van der Waals surface area contributed by atoms with E-state index in [1.165, 1.54) is 12.1 Å². The van der Waals surface area contributed by atoms with Crippen LogP contribution in [-0.2, 0) is 0 Å². The van der Waals surface area contributed by atoms with Crippen LogP contribution in [0.15, 0.2) is 18.2 Å². The molecule has 0 aliphatic carbocycles. The minimum atomic E-state index is -0.329. The van der Waals surface area contributed by atoms with Gasteiger partial charge in [-0.3, -0.25) is 9.89 Å². The number of H-pyrrole nitrogens is 1. The van der Waals surface area contributed by atoms with E-state index in [1.807, 2.05) is 4.90 Å². The molecule has 4 rings (SSSR count). The van der Waals surface area contributed by atoms with E-state index in [2.05, 4.69) is 28.9 Å². The molecular formula is C18H23FN4O. The molecule has 2 saturated heterocycles. The largest absolute Gasteiger partial charge is 0.330 e. The Kier molecular flexibility index (Phi) is 3.79. The van der Waals surface area contributed by atoms with Crippen molar-refractivity contribution in [2.24, 2.45) is 5.92 Å². The first kappa shape index (κ1) is 15.6. The second-order valence-electron chi connectivity index (χ2n) is 7.37. The topological polar surface area (TPSA) is 52.2 Å². The maximum absolute atomic E-state index is 13.4. The molecule has 1 amide bonds. The van der Waals surface area contributed by atoms with Crippen LogP contribution in [0, 0.1) is 11.7 Å². The molecule has 2 aromatic rings. The van der Waals surface area contributed by atoms with Crippen molar-refractivity contribution in [1.29, 1.82) is 0 Å². The van der Waals surface area contributed by atoms with Crippen LogP contribution in [0.1, 0.15) is 37.2 Å². The van der Waals surface area contributed by atoms with E-state index in [9.17, 15) is 9.18 Å². The predicted octanol–water partition coefficient (Wildman–Crippen LogP) is 2.65. The van der Waals surface area contributed by atoms with Crippen LogP contribution >= 0.6 is 0 Å². The zero-order valence-electron chi connectivity index (χ0n) is 14.1. The van der Waals surface area contributed by atoms with Crippen molar-refractivity contribution >= 4 is 16.8 Å². The monoisotopic (exact) mass is 330 g/mol. The van der Waals surface area contributed by atoms with Gasteiger partial charge >= 0.3 is 0 Å². The molecule has 3 heterocycles. The fraction of sp³-hybridized carbons (Fsp3) is 0.556. The van der Waals surface area contributed by atoms with Gasteiger partial charge < -0.3 is 9.80 Å². The SMILES string of the molecule is CC1CC2CN(CCC(C)N2C(=O)c2n[nH]c3cc(F)ccc23)C1. The highest BCUT2D eigenvalue weighted by molar-refractivity contribution is 6.04. The summed E-state index contributed by atoms with van der Waals surface area (Å²) in [5.74, 6) is 0.223. The molecule has 0 saturated carbocycles. The number of amides is 1. The van der Waals surface area contributed by atoms with Crippen LogP contribution in [-0.4, -0.2) is 57.6 Å². The molecular weight excluding hydrogens is 307 g/mol. The smallest absolute Gasteiger partial charge is 0.275 e. The second-order valence-corrected chi connectivity index (χ2v) is 7.37. The van der Waals surface area contributed by atoms with Gasteiger partial charge in [0.2, 0.25) is 0 Å². The van der Waals surface area contributed by atoms with E-state index < -0.39 is 0 Å². The summed E-state index contributed by atoms with van der Waals surface area (Å²) in [7, 11) is 0. The zero-order valence-corrected chi connectivity index (χ0v) is 14.1. The quantitative estimate of drug-likeness (QED) is 0.874. The Morgan fingerprint density at radius 2 is 2.17 bits per heavy atom. The Balaban J connectivity index is 1.70. The third-order valence-corrected chi connectivity index (χ3v) is 5.41. The van der Waals surface area contributed by atoms with Gasteiger partial charge in [-0.15, -0.1) is 0 Å². The first-order chi connectivity index (χ1) is 11.5. The number of halogens is 1. The van der Waals surface area contributed by atoms with Gasteiger partial charge in [-0.25, -0.2) is 4.39 Å². The molecule has 4 unspecified atom stereocenters. The van der Waals surface area contributed by atoms with Crippen LogP contribution in [0.5, 0.6) is 0 Å². The lowest BCUT2D eigenvalue weighted by atomic mass is 9.95. The molecule has 2 aliphatic rings. The molecule has 5 nitrogen and oxygen atoms in total. The van der Waals surface area contributed by atoms with Crippen LogP contribution in [0.25, 0.3) is 10.9 Å². The highest BCUT2D eigenvalue weighted by Gasteiger charge is 2.38. The number of hydrogen-bond acceptors (Lipinski definition) is 3. The van der Waals surface area contributed by atoms with Crippen LogP contribution in [0.4, 0.5) is 4.39 Å². The van der Waals surface area contributed by atoms with Crippen LogP contribution in [0.2, 0.25) is 0 Å². The summed E-state index contributed by atoms with van der Waals surface area (Å²) >= 11 is 0. The molecule has 1 aromatic carbocycles. The minimum Gasteiger partial charge on any atom is -0.330 e. The number of aromatic nitrogens is 2. The summed E-state index contributed by atoms with van der Waals surface area (Å²) in [6.07, 6.45) is 2.01. The summed E-state index contributed by atoms with van der Waals surface area (Å²) in [5, 5.41) is 7.69.